The maximum Gasteiger partial charge on any atom is 0.317 e. The molecule has 0 heterocycles. The summed E-state index contributed by atoms with van der Waals surface area (Å²) in [5.41, 5.74) is 0. The van der Waals surface area contributed by atoms with Gasteiger partial charge in [-0.1, -0.05) is 27.2 Å². The van der Waals surface area contributed by atoms with Crippen molar-refractivity contribution in [2.45, 2.75) is 46.1 Å². The molecule has 13 heavy (non-hydrogen) atoms. The molecule has 0 amide bonds. The minimum atomic E-state index is -0.726. The third-order valence-electron chi connectivity index (χ3n) is 2.35. The van der Waals surface area contributed by atoms with E-state index in [0.717, 1.165) is 25.8 Å². The molecule has 0 spiro atoms. The molecule has 0 saturated carbocycles. The van der Waals surface area contributed by atoms with Crippen molar-refractivity contribution < 1.29 is 9.90 Å². The zero-order chi connectivity index (χ0) is 10.3. The summed E-state index contributed by atoms with van der Waals surface area (Å²) in [6.07, 6.45) is 3.25. The van der Waals surface area contributed by atoms with Crippen LogP contribution in [0.3, 0.4) is 0 Å². The molecule has 0 aliphatic rings. The summed E-state index contributed by atoms with van der Waals surface area (Å²) in [5.74, 6) is -0.726. The van der Waals surface area contributed by atoms with Crippen LogP contribution in [0.2, 0.25) is 0 Å². The van der Waals surface area contributed by atoms with E-state index in [4.69, 9.17) is 5.11 Å². The maximum atomic E-state index is 10.6. The van der Waals surface area contributed by atoms with Crippen molar-refractivity contribution in [1.29, 1.82) is 0 Å². The number of rotatable bonds is 7. The SMILES string of the molecule is CCCC(CC)N(CC)CC(=O)O. The molecule has 1 N–H and O–H groups in total. The summed E-state index contributed by atoms with van der Waals surface area (Å²) in [7, 11) is 0. The topological polar surface area (TPSA) is 40.5 Å². The van der Waals surface area contributed by atoms with Crippen LogP contribution < -0.4 is 0 Å². The van der Waals surface area contributed by atoms with Crippen molar-refractivity contribution in [1.82, 2.24) is 4.90 Å². The van der Waals surface area contributed by atoms with Crippen molar-refractivity contribution in [3.63, 3.8) is 0 Å². The Bertz CT molecular complexity index is 148. The zero-order valence-corrected chi connectivity index (χ0v) is 8.92. The van der Waals surface area contributed by atoms with E-state index in [1.165, 1.54) is 0 Å². The lowest BCUT2D eigenvalue weighted by Crippen LogP contribution is -2.38. The standard InChI is InChI=1S/C10H21NO2/c1-4-7-9(5-2)11(6-3)8-10(12)13/h9H,4-8H2,1-3H3,(H,12,13). The first kappa shape index (κ1) is 12.4. The molecular formula is C10H21NO2. The van der Waals surface area contributed by atoms with Crippen LogP contribution in [-0.2, 0) is 4.79 Å². The normalized spacial score (nSPS) is 13.2. The fraction of sp³-hybridized carbons (Fsp3) is 0.900. The van der Waals surface area contributed by atoms with Crippen LogP contribution in [0.4, 0.5) is 0 Å². The van der Waals surface area contributed by atoms with Crippen molar-refractivity contribution in [2.24, 2.45) is 0 Å². The van der Waals surface area contributed by atoms with Gasteiger partial charge in [0.2, 0.25) is 0 Å². The van der Waals surface area contributed by atoms with E-state index in [-0.39, 0.29) is 6.54 Å². The summed E-state index contributed by atoms with van der Waals surface area (Å²) in [6.45, 7) is 7.27. The highest BCUT2D eigenvalue weighted by Gasteiger charge is 2.16. The van der Waals surface area contributed by atoms with Crippen LogP contribution in [-0.4, -0.2) is 35.1 Å². The van der Waals surface area contributed by atoms with Crippen LogP contribution in [0.5, 0.6) is 0 Å². The molecule has 3 nitrogen and oxygen atoms in total. The van der Waals surface area contributed by atoms with E-state index in [0.29, 0.717) is 6.04 Å². The van der Waals surface area contributed by atoms with Gasteiger partial charge in [0.05, 0.1) is 6.54 Å². The molecule has 0 rings (SSSR count). The van der Waals surface area contributed by atoms with Gasteiger partial charge >= 0.3 is 5.97 Å². The quantitative estimate of drug-likeness (QED) is 0.662. The molecular weight excluding hydrogens is 166 g/mol. The van der Waals surface area contributed by atoms with E-state index in [2.05, 4.69) is 13.8 Å². The number of likely N-dealkylation sites (N-methyl/N-ethyl adjacent to an activating group) is 1. The molecule has 0 aromatic carbocycles. The van der Waals surface area contributed by atoms with Crippen LogP contribution in [0.25, 0.3) is 0 Å². The molecule has 0 aromatic heterocycles. The lowest BCUT2D eigenvalue weighted by atomic mass is 10.1. The molecule has 0 fully saturated rings. The van der Waals surface area contributed by atoms with Gasteiger partial charge in [-0.05, 0) is 19.4 Å². The minimum absolute atomic E-state index is 0.176. The molecule has 0 aliphatic heterocycles. The van der Waals surface area contributed by atoms with Crippen molar-refractivity contribution in [3.8, 4) is 0 Å². The maximum absolute atomic E-state index is 10.6. The Morgan fingerprint density at radius 2 is 2.00 bits per heavy atom. The highest BCUT2D eigenvalue weighted by molar-refractivity contribution is 5.69. The van der Waals surface area contributed by atoms with Gasteiger partial charge in [0.15, 0.2) is 0 Å². The molecule has 1 unspecified atom stereocenters. The van der Waals surface area contributed by atoms with Gasteiger partial charge in [-0.3, -0.25) is 9.69 Å². The third-order valence-corrected chi connectivity index (χ3v) is 2.35. The second-order valence-electron chi connectivity index (χ2n) is 3.31. The Kier molecular flexibility index (Phi) is 6.59. The number of carbonyl (C=O) groups is 1. The number of hydrogen-bond acceptors (Lipinski definition) is 2. The van der Waals surface area contributed by atoms with Gasteiger partial charge in [-0.2, -0.15) is 0 Å². The second-order valence-corrected chi connectivity index (χ2v) is 3.31. The third kappa shape index (κ3) is 4.88. The van der Waals surface area contributed by atoms with Gasteiger partial charge in [0.25, 0.3) is 0 Å². The van der Waals surface area contributed by atoms with Gasteiger partial charge in [0.1, 0.15) is 0 Å². The lowest BCUT2D eigenvalue weighted by Gasteiger charge is -2.28. The predicted octanol–water partition coefficient (Wildman–Crippen LogP) is 1.97. The van der Waals surface area contributed by atoms with Gasteiger partial charge < -0.3 is 5.11 Å². The molecule has 0 aromatic rings. The molecule has 0 aliphatic carbocycles. The molecule has 1 atom stereocenters. The van der Waals surface area contributed by atoms with Gasteiger partial charge in [-0.25, -0.2) is 0 Å². The van der Waals surface area contributed by atoms with Gasteiger partial charge in [0, 0.05) is 6.04 Å². The van der Waals surface area contributed by atoms with E-state index in [9.17, 15) is 4.79 Å². The smallest absolute Gasteiger partial charge is 0.317 e. The molecule has 0 bridgehead atoms. The van der Waals surface area contributed by atoms with E-state index in [1.807, 2.05) is 11.8 Å². The molecule has 3 heteroatoms. The number of hydrogen-bond donors (Lipinski definition) is 1. The first-order valence-corrected chi connectivity index (χ1v) is 5.11. The van der Waals surface area contributed by atoms with E-state index >= 15 is 0 Å². The first-order valence-electron chi connectivity index (χ1n) is 5.11. The van der Waals surface area contributed by atoms with Crippen molar-refractivity contribution in [2.75, 3.05) is 13.1 Å². The average Bonchev–Trinajstić information content (AvgIpc) is 2.10. The second kappa shape index (κ2) is 6.89. The Labute approximate surface area is 80.7 Å². The van der Waals surface area contributed by atoms with Crippen LogP contribution in [0.1, 0.15) is 40.0 Å². The summed E-state index contributed by atoms with van der Waals surface area (Å²) < 4.78 is 0. The number of carboxylic acids is 1. The highest BCUT2D eigenvalue weighted by atomic mass is 16.4. The largest absolute Gasteiger partial charge is 0.480 e. The summed E-state index contributed by atoms with van der Waals surface area (Å²) in [5, 5.41) is 8.69. The molecule has 0 saturated heterocycles. The number of nitrogens with zero attached hydrogens (tertiary/aromatic N) is 1. The monoisotopic (exact) mass is 187 g/mol. The van der Waals surface area contributed by atoms with Crippen LogP contribution in [0.15, 0.2) is 0 Å². The predicted molar refractivity (Wildman–Crippen MR) is 53.9 cm³/mol. The Hall–Kier alpha value is -0.570. The van der Waals surface area contributed by atoms with Crippen LogP contribution in [0, 0.1) is 0 Å². The molecule has 0 radical (unpaired) electrons. The number of aliphatic carboxylic acids is 1. The first-order chi connectivity index (χ1) is 6.15. The fourth-order valence-corrected chi connectivity index (χ4v) is 1.65. The minimum Gasteiger partial charge on any atom is -0.480 e. The molecule has 78 valence electrons. The summed E-state index contributed by atoms with van der Waals surface area (Å²) in [4.78, 5) is 12.6. The summed E-state index contributed by atoms with van der Waals surface area (Å²) in [6, 6.07) is 0.436. The Morgan fingerprint density at radius 3 is 2.31 bits per heavy atom. The zero-order valence-electron chi connectivity index (χ0n) is 8.92. The Morgan fingerprint density at radius 1 is 1.38 bits per heavy atom. The lowest BCUT2D eigenvalue weighted by molar-refractivity contribution is -0.138. The highest BCUT2D eigenvalue weighted by Crippen LogP contribution is 2.10. The van der Waals surface area contributed by atoms with E-state index < -0.39 is 5.97 Å². The van der Waals surface area contributed by atoms with E-state index in [1.54, 1.807) is 0 Å². The Balaban J connectivity index is 4.07. The van der Waals surface area contributed by atoms with Gasteiger partial charge in [-0.15, -0.1) is 0 Å². The van der Waals surface area contributed by atoms with Crippen molar-refractivity contribution >= 4 is 5.97 Å². The fourth-order valence-electron chi connectivity index (χ4n) is 1.65. The number of carboxylic acid groups (broad SMARTS) is 1. The average molecular weight is 187 g/mol. The van der Waals surface area contributed by atoms with Crippen LogP contribution >= 0.6 is 0 Å². The van der Waals surface area contributed by atoms with Crippen molar-refractivity contribution in [3.05, 3.63) is 0 Å². The summed E-state index contributed by atoms with van der Waals surface area (Å²) >= 11 is 0.